The minimum absolute atomic E-state index is 0.354. The first-order valence-corrected chi connectivity index (χ1v) is 6.46. The molecule has 0 saturated heterocycles. The van der Waals surface area contributed by atoms with Gasteiger partial charge in [0.1, 0.15) is 0 Å². The largest absolute Gasteiger partial charge is 0.275 e. The summed E-state index contributed by atoms with van der Waals surface area (Å²) in [5, 5.41) is 0. The van der Waals surface area contributed by atoms with E-state index in [1.165, 1.54) is 25.7 Å². The second kappa shape index (κ2) is 8.69. The lowest BCUT2D eigenvalue weighted by Gasteiger charge is -2.15. The van der Waals surface area contributed by atoms with E-state index < -0.39 is 0 Å². The lowest BCUT2D eigenvalue weighted by molar-refractivity contribution is 0.471. The summed E-state index contributed by atoms with van der Waals surface area (Å²) in [4.78, 5) is 0. The van der Waals surface area contributed by atoms with Crippen LogP contribution in [0.25, 0.3) is 0 Å². The van der Waals surface area contributed by atoms with Gasteiger partial charge in [-0.15, -0.1) is 0 Å². The second-order valence-corrected chi connectivity index (χ2v) is 4.78. The Morgan fingerprint density at radius 3 is 2.31 bits per heavy atom. The Morgan fingerprint density at radius 2 is 1.85 bits per heavy atom. The van der Waals surface area contributed by atoms with E-state index in [0.717, 1.165) is 12.8 Å². The van der Waals surface area contributed by atoms with Crippen LogP contribution in [0.1, 0.15) is 59.3 Å². The molecule has 0 aliphatic carbocycles. The summed E-state index contributed by atoms with van der Waals surface area (Å²) in [5.41, 5.74) is 0.404. The van der Waals surface area contributed by atoms with Crippen LogP contribution in [0.4, 0.5) is 0 Å². The van der Waals surface area contributed by atoms with Crippen LogP contribution in [0.3, 0.4) is 0 Å². The van der Waals surface area contributed by atoms with E-state index in [1.54, 1.807) is 0 Å². The maximum atomic E-state index is 10.9. The highest BCUT2D eigenvalue weighted by atomic mass is 31.1. The Bertz CT molecular complexity index is 125. The molecule has 2 heteroatoms. The van der Waals surface area contributed by atoms with Gasteiger partial charge in [-0.05, 0) is 12.3 Å². The van der Waals surface area contributed by atoms with Crippen molar-refractivity contribution in [2.24, 2.45) is 5.92 Å². The molecule has 0 bridgehead atoms. The molecule has 0 rings (SSSR count). The van der Waals surface area contributed by atoms with Gasteiger partial charge >= 0.3 is 0 Å². The summed E-state index contributed by atoms with van der Waals surface area (Å²) < 4.78 is 10.9. The van der Waals surface area contributed by atoms with Gasteiger partial charge in [0.05, 0.1) is 0 Å². The SMILES string of the molecule is CCCCCCC(P=O)C(C)CC. The third-order valence-electron chi connectivity index (χ3n) is 2.79. The predicted octanol–water partition coefficient (Wildman–Crippen LogP) is 4.66. The van der Waals surface area contributed by atoms with Crippen molar-refractivity contribution < 1.29 is 4.57 Å². The van der Waals surface area contributed by atoms with Crippen molar-refractivity contribution in [1.29, 1.82) is 0 Å². The molecular weight excluding hydrogens is 179 g/mol. The lowest BCUT2D eigenvalue weighted by Crippen LogP contribution is -2.10. The maximum Gasteiger partial charge on any atom is 0.158 e. The van der Waals surface area contributed by atoms with Crippen LogP contribution >= 0.6 is 8.46 Å². The van der Waals surface area contributed by atoms with Crippen LogP contribution in [0.2, 0.25) is 0 Å². The quantitative estimate of drug-likeness (QED) is 0.413. The van der Waals surface area contributed by atoms with E-state index in [4.69, 9.17) is 0 Å². The highest BCUT2D eigenvalue weighted by Crippen LogP contribution is 2.25. The summed E-state index contributed by atoms with van der Waals surface area (Å²) in [6, 6.07) is 0. The predicted molar refractivity (Wildman–Crippen MR) is 59.6 cm³/mol. The summed E-state index contributed by atoms with van der Waals surface area (Å²) in [7, 11) is 0.354. The standard InChI is InChI=1S/C11H23OP/c1-4-6-7-8-9-11(13-12)10(3)5-2/h10-11H,4-9H2,1-3H3. The Labute approximate surface area is 84.5 Å². The third-order valence-corrected chi connectivity index (χ3v) is 3.83. The van der Waals surface area contributed by atoms with Gasteiger partial charge in [-0.3, -0.25) is 4.57 Å². The molecule has 78 valence electrons. The zero-order valence-corrected chi connectivity index (χ0v) is 10.1. The molecule has 0 radical (unpaired) electrons. The number of hydrogen-bond donors (Lipinski definition) is 0. The van der Waals surface area contributed by atoms with Crippen LogP contribution in [0, 0.1) is 5.92 Å². The van der Waals surface area contributed by atoms with Crippen molar-refractivity contribution >= 4 is 8.46 Å². The van der Waals surface area contributed by atoms with Gasteiger partial charge in [0.2, 0.25) is 0 Å². The first kappa shape index (κ1) is 13.1. The van der Waals surface area contributed by atoms with Gasteiger partial charge in [-0.1, -0.05) is 52.9 Å². The number of hydrogen-bond acceptors (Lipinski definition) is 1. The molecular formula is C11H23OP. The molecule has 0 fully saturated rings. The van der Waals surface area contributed by atoms with E-state index in [1.807, 2.05) is 0 Å². The fourth-order valence-corrected chi connectivity index (χ4v) is 2.20. The van der Waals surface area contributed by atoms with Crippen LogP contribution in [0.15, 0.2) is 0 Å². The van der Waals surface area contributed by atoms with Crippen LogP contribution < -0.4 is 0 Å². The molecule has 0 aromatic carbocycles. The molecule has 0 spiro atoms. The fraction of sp³-hybridized carbons (Fsp3) is 1.00. The molecule has 0 N–H and O–H groups in total. The zero-order valence-electron chi connectivity index (χ0n) is 9.25. The molecule has 0 amide bonds. The van der Waals surface area contributed by atoms with Crippen molar-refractivity contribution in [2.45, 2.75) is 65.0 Å². The van der Waals surface area contributed by atoms with Gasteiger partial charge in [-0.2, -0.15) is 0 Å². The summed E-state index contributed by atoms with van der Waals surface area (Å²) in [6.45, 7) is 6.60. The first-order chi connectivity index (χ1) is 6.26. The van der Waals surface area contributed by atoms with E-state index >= 15 is 0 Å². The normalized spacial score (nSPS) is 15.9. The van der Waals surface area contributed by atoms with Crippen LogP contribution in [-0.4, -0.2) is 5.66 Å². The Hall–Kier alpha value is 0.100. The third kappa shape index (κ3) is 6.21. The minimum atomic E-state index is 0.354. The van der Waals surface area contributed by atoms with Crippen molar-refractivity contribution in [3.05, 3.63) is 0 Å². The van der Waals surface area contributed by atoms with Gasteiger partial charge in [0.25, 0.3) is 0 Å². The van der Waals surface area contributed by atoms with E-state index in [9.17, 15) is 4.57 Å². The fourth-order valence-electron chi connectivity index (χ4n) is 1.49. The Kier molecular flexibility index (Phi) is 8.75. The van der Waals surface area contributed by atoms with Gasteiger partial charge in [0, 0.05) is 5.66 Å². The monoisotopic (exact) mass is 202 g/mol. The Morgan fingerprint density at radius 1 is 1.15 bits per heavy atom. The summed E-state index contributed by atoms with van der Waals surface area (Å²) in [6.07, 6.45) is 7.44. The van der Waals surface area contributed by atoms with Crippen molar-refractivity contribution in [2.75, 3.05) is 0 Å². The minimum Gasteiger partial charge on any atom is -0.275 e. The van der Waals surface area contributed by atoms with Crippen LogP contribution in [-0.2, 0) is 4.57 Å². The number of rotatable bonds is 8. The summed E-state index contributed by atoms with van der Waals surface area (Å²) in [5.74, 6) is 0.612. The van der Waals surface area contributed by atoms with E-state index in [2.05, 4.69) is 20.8 Å². The molecule has 0 aromatic rings. The average molecular weight is 202 g/mol. The van der Waals surface area contributed by atoms with E-state index in [0.29, 0.717) is 20.0 Å². The smallest absolute Gasteiger partial charge is 0.158 e. The molecule has 1 nitrogen and oxygen atoms in total. The highest BCUT2D eigenvalue weighted by molar-refractivity contribution is 7.24. The topological polar surface area (TPSA) is 17.1 Å². The maximum absolute atomic E-state index is 10.9. The number of unbranched alkanes of at least 4 members (excludes halogenated alkanes) is 3. The molecule has 0 heterocycles. The van der Waals surface area contributed by atoms with E-state index in [-0.39, 0.29) is 0 Å². The molecule has 13 heavy (non-hydrogen) atoms. The van der Waals surface area contributed by atoms with Gasteiger partial charge in [0.15, 0.2) is 8.46 Å². The van der Waals surface area contributed by atoms with Gasteiger partial charge in [-0.25, -0.2) is 0 Å². The van der Waals surface area contributed by atoms with Crippen LogP contribution in [0.5, 0.6) is 0 Å². The average Bonchev–Trinajstić information content (AvgIpc) is 2.17. The molecule has 0 saturated carbocycles. The molecule has 0 aliphatic rings. The Balaban J connectivity index is 3.53. The molecule has 0 aliphatic heterocycles. The second-order valence-electron chi connectivity index (χ2n) is 3.91. The van der Waals surface area contributed by atoms with Crippen molar-refractivity contribution in [3.8, 4) is 0 Å². The lowest BCUT2D eigenvalue weighted by atomic mass is 9.99. The molecule has 0 aromatic heterocycles. The zero-order chi connectivity index (χ0) is 10.1. The van der Waals surface area contributed by atoms with Gasteiger partial charge < -0.3 is 0 Å². The van der Waals surface area contributed by atoms with Crippen molar-refractivity contribution in [3.63, 3.8) is 0 Å². The summed E-state index contributed by atoms with van der Waals surface area (Å²) >= 11 is 0. The highest BCUT2D eigenvalue weighted by Gasteiger charge is 2.14. The van der Waals surface area contributed by atoms with Crippen molar-refractivity contribution in [1.82, 2.24) is 0 Å². The molecule has 2 atom stereocenters. The molecule has 2 unspecified atom stereocenters. The first-order valence-electron chi connectivity index (χ1n) is 5.58.